The maximum absolute atomic E-state index is 11.2. The van der Waals surface area contributed by atoms with Crippen LogP contribution >= 0.6 is 11.6 Å². The third kappa shape index (κ3) is 3.39. The van der Waals surface area contributed by atoms with Crippen LogP contribution in [0.1, 0.15) is 19.8 Å². The minimum Gasteiger partial charge on any atom is -0.372 e. The van der Waals surface area contributed by atoms with Crippen molar-refractivity contribution in [3.05, 3.63) is 24.3 Å². The molecule has 1 aliphatic heterocycles. The number of anilines is 2. The van der Waals surface area contributed by atoms with E-state index in [1.54, 1.807) is 0 Å². The summed E-state index contributed by atoms with van der Waals surface area (Å²) in [6.45, 7) is 4.55. The van der Waals surface area contributed by atoms with E-state index in [1.165, 1.54) is 18.5 Å². The molecule has 0 saturated carbocycles. The molecule has 0 unspecified atom stereocenters. The molecule has 98 valence electrons. The van der Waals surface area contributed by atoms with Gasteiger partial charge < -0.3 is 10.2 Å². The first-order valence-corrected chi connectivity index (χ1v) is 6.93. The zero-order valence-electron chi connectivity index (χ0n) is 10.7. The van der Waals surface area contributed by atoms with Crippen LogP contribution in [0.4, 0.5) is 11.4 Å². The summed E-state index contributed by atoms with van der Waals surface area (Å²) in [6.07, 6.45) is 2.51. The Labute approximate surface area is 113 Å². The van der Waals surface area contributed by atoms with Gasteiger partial charge in [0.1, 0.15) is 5.88 Å². The van der Waals surface area contributed by atoms with Crippen LogP contribution in [0.2, 0.25) is 0 Å². The Bertz CT molecular complexity index is 397. The minimum absolute atomic E-state index is 0.00817. The van der Waals surface area contributed by atoms with Crippen molar-refractivity contribution >= 4 is 28.9 Å². The van der Waals surface area contributed by atoms with Crippen LogP contribution in [0.25, 0.3) is 0 Å². The molecule has 1 fully saturated rings. The van der Waals surface area contributed by atoms with Gasteiger partial charge in [-0.1, -0.05) is 6.92 Å². The van der Waals surface area contributed by atoms with Crippen molar-refractivity contribution in [1.82, 2.24) is 0 Å². The lowest BCUT2D eigenvalue weighted by Crippen LogP contribution is -2.32. The molecule has 0 aliphatic carbocycles. The lowest BCUT2D eigenvalue weighted by molar-refractivity contribution is -0.113. The number of halogens is 1. The van der Waals surface area contributed by atoms with Crippen LogP contribution in [-0.4, -0.2) is 24.9 Å². The molecule has 0 radical (unpaired) electrons. The van der Waals surface area contributed by atoms with E-state index >= 15 is 0 Å². The van der Waals surface area contributed by atoms with Gasteiger partial charge in [-0.15, -0.1) is 11.6 Å². The highest BCUT2D eigenvalue weighted by atomic mass is 35.5. The number of alkyl halides is 1. The molecule has 2 rings (SSSR count). The smallest absolute Gasteiger partial charge is 0.239 e. The van der Waals surface area contributed by atoms with Gasteiger partial charge in [0, 0.05) is 24.5 Å². The highest BCUT2D eigenvalue weighted by molar-refractivity contribution is 6.29. The van der Waals surface area contributed by atoms with Crippen molar-refractivity contribution in [2.45, 2.75) is 19.8 Å². The average Bonchev–Trinajstić information content (AvgIpc) is 2.40. The monoisotopic (exact) mass is 266 g/mol. The van der Waals surface area contributed by atoms with Gasteiger partial charge in [-0.2, -0.15) is 0 Å². The Morgan fingerprint density at radius 1 is 1.33 bits per heavy atom. The van der Waals surface area contributed by atoms with Crippen molar-refractivity contribution in [2.24, 2.45) is 5.92 Å². The van der Waals surface area contributed by atoms with Gasteiger partial charge >= 0.3 is 0 Å². The largest absolute Gasteiger partial charge is 0.372 e. The van der Waals surface area contributed by atoms with Crippen molar-refractivity contribution in [1.29, 1.82) is 0 Å². The molecule has 1 N–H and O–H groups in total. The van der Waals surface area contributed by atoms with Crippen molar-refractivity contribution < 1.29 is 4.79 Å². The first kappa shape index (κ1) is 13.2. The number of nitrogens with one attached hydrogen (secondary N) is 1. The quantitative estimate of drug-likeness (QED) is 0.853. The summed E-state index contributed by atoms with van der Waals surface area (Å²) in [5.41, 5.74) is 2.03. The maximum Gasteiger partial charge on any atom is 0.239 e. The molecular formula is C14H19ClN2O. The first-order valence-electron chi connectivity index (χ1n) is 6.40. The Morgan fingerprint density at radius 2 is 1.94 bits per heavy atom. The van der Waals surface area contributed by atoms with Gasteiger partial charge in [0.2, 0.25) is 5.91 Å². The highest BCUT2D eigenvalue weighted by Crippen LogP contribution is 2.24. The van der Waals surface area contributed by atoms with E-state index in [2.05, 4.69) is 29.3 Å². The molecule has 18 heavy (non-hydrogen) atoms. The summed E-state index contributed by atoms with van der Waals surface area (Å²) in [5, 5.41) is 2.74. The van der Waals surface area contributed by atoms with Gasteiger partial charge in [-0.05, 0) is 43.0 Å². The molecule has 3 nitrogen and oxygen atoms in total. The van der Waals surface area contributed by atoms with E-state index in [-0.39, 0.29) is 11.8 Å². The van der Waals surface area contributed by atoms with E-state index in [0.29, 0.717) is 0 Å². The van der Waals surface area contributed by atoms with Crippen molar-refractivity contribution in [2.75, 3.05) is 29.2 Å². The minimum atomic E-state index is -0.170. The fraction of sp³-hybridized carbons (Fsp3) is 0.500. The van der Waals surface area contributed by atoms with Crippen molar-refractivity contribution in [3.63, 3.8) is 0 Å². The third-order valence-electron chi connectivity index (χ3n) is 3.42. The lowest BCUT2D eigenvalue weighted by atomic mass is 9.99. The lowest BCUT2D eigenvalue weighted by Gasteiger charge is -2.32. The van der Waals surface area contributed by atoms with E-state index in [0.717, 1.165) is 24.7 Å². The summed E-state index contributed by atoms with van der Waals surface area (Å²) in [7, 11) is 0. The van der Waals surface area contributed by atoms with Crippen LogP contribution < -0.4 is 10.2 Å². The number of rotatable bonds is 3. The summed E-state index contributed by atoms with van der Waals surface area (Å²) in [6, 6.07) is 7.97. The molecule has 1 aromatic carbocycles. The average molecular weight is 267 g/mol. The highest BCUT2D eigenvalue weighted by Gasteiger charge is 2.15. The predicted molar refractivity (Wildman–Crippen MR) is 76.4 cm³/mol. The number of nitrogens with zero attached hydrogens (tertiary/aromatic N) is 1. The number of hydrogen-bond donors (Lipinski definition) is 1. The standard InChI is InChI=1S/C14H19ClN2O/c1-11-6-8-17(9-7-11)13-4-2-12(3-5-13)16-14(18)10-15/h2-5,11H,6-10H2,1H3,(H,16,18). The van der Waals surface area contributed by atoms with Crippen LogP contribution in [0, 0.1) is 5.92 Å². The molecule has 1 heterocycles. The second-order valence-corrected chi connectivity index (χ2v) is 5.17. The molecule has 0 aromatic heterocycles. The third-order valence-corrected chi connectivity index (χ3v) is 3.66. The summed E-state index contributed by atoms with van der Waals surface area (Å²) in [4.78, 5) is 13.5. The number of hydrogen-bond acceptors (Lipinski definition) is 2. The topological polar surface area (TPSA) is 32.3 Å². The summed E-state index contributed by atoms with van der Waals surface area (Å²) < 4.78 is 0. The molecule has 1 amide bonds. The molecule has 0 spiro atoms. The van der Waals surface area contributed by atoms with Crippen LogP contribution in [-0.2, 0) is 4.79 Å². The van der Waals surface area contributed by atoms with Gasteiger partial charge in [0.25, 0.3) is 0 Å². The van der Waals surface area contributed by atoms with Crippen LogP contribution in [0.3, 0.4) is 0 Å². The molecule has 1 saturated heterocycles. The first-order chi connectivity index (χ1) is 8.69. The SMILES string of the molecule is CC1CCN(c2ccc(NC(=O)CCl)cc2)CC1. The molecule has 4 heteroatoms. The number of benzene rings is 1. The fourth-order valence-corrected chi connectivity index (χ4v) is 2.28. The van der Waals surface area contributed by atoms with Crippen LogP contribution in [0.15, 0.2) is 24.3 Å². The second kappa shape index (κ2) is 6.10. The van der Waals surface area contributed by atoms with Gasteiger partial charge in [-0.25, -0.2) is 0 Å². The Morgan fingerprint density at radius 3 is 2.50 bits per heavy atom. The Balaban J connectivity index is 1.97. The van der Waals surface area contributed by atoms with E-state index in [9.17, 15) is 4.79 Å². The van der Waals surface area contributed by atoms with Crippen LogP contribution in [0.5, 0.6) is 0 Å². The fourth-order valence-electron chi connectivity index (χ4n) is 2.22. The second-order valence-electron chi connectivity index (χ2n) is 4.90. The summed E-state index contributed by atoms with van der Waals surface area (Å²) >= 11 is 5.45. The zero-order chi connectivity index (χ0) is 13.0. The number of amides is 1. The number of carbonyl (C=O) groups is 1. The molecule has 0 atom stereocenters. The molecule has 1 aromatic rings. The summed E-state index contributed by atoms with van der Waals surface area (Å²) in [5.74, 6) is 0.658. The van der Waals surface area contributed by atoms with E-state index < -0.39 is 0 Å². The Hall–Kier alpha value is -1.22. The molecule has 0 bridgehead atoms. The van der Waals surface area contributed by atoms with E-state index in [4.69, 9.17) is 11.6 Å². The normalized spacial score (nSPS) is 16.7. The number of piperidine rings is 1. The zero-order valence-corrected chi connectivity index (χ0v) is 11.4. The number of carbonyl (C=O) groups excluding carboxylic acids is 1. The van der Waals surface area contributed by atoms with Crippen molar-refractivity contribution in [3.8, 4) is 0 Å². The Kier molecular flexibility index (Phi) is 4.48. The maximum atomic E-state index is 11.2. The molecule has 1 aliphatic rings. The van der Waals surface area contributed by atoms with Gasteiger partial charge in [0.15, 0.2) is 0 Å². The predicted octanol–water partition coefficient (Wildman–Crippen LogP) is 3.10. The van der Waals surface area contributed by atoms with E-state index in [1.807, 2.05) is 12.1 Å². The van der Waals surface area contributed by atoms with Gasteiger partial charge in [-0.3, -0.25) is 4.79 Å². The van der Waals surface area contributed by atoms with Gasteiger partial charge in [0.05, 0.1) is 0 Å². The molecular weight excluding hydrogens is 248 g/mol.